The van der Waals surface area contributed by atoms with E-state index in [4.69, 9.17) is 10.00 Å². The van der Waals surface area contributed by atoms with Crippen LogP contribution in [0.4, 0.5) is 0 Å². The summed E-state index contributed by atoms with van der Waals surface area (Å²) in [4.78, 5) is 0. The standard InChI is InChI=1S/C13H15NO/c14-11-13(6-7-13)8-9-15-10-12-4-2-1-3-5-12/h1-5H,6-10H2. The number of nitriles is 1. The zero-order valence-electron chi connectivity index (χ0n) is 8.78. The van der Waals surface area contributed by atoms with Crippen molar-refractivity contribution in [2.45, 2.75) is 25.9 Å². The minimum atomic E-state index is -0.0311. The molecule has 1 aromatic rings. The van der Waals surface area contributed by atoms with Gasteiger partial charge >= 0.3 is 0 Å². The number of rotatable bonds is 5. The van der Waals surface area contributed by atoms with Crippen LogP contribution in [0.1, 0.15) is 24.8 Å². The van der Waals surface area contributed by atoms with E-state index in [2.05, 4.69) is 18.2 Å². The molecule has 0 N–H and O–H groups in total. The van der Waals surface area contributed by atoms with Crippen LogP contribution in [0.5, 0.6) is 0 Å². The minimum Gasteiger partial charge on any atom is -0.377 e. The number of hydrogen-bond acceptors (Lipinski definition) is 2. The van der Waals surface area contributed by atoms with Crippen LogP contribution in [0.15, 0.2) is 30.3 Å². The highest BCUT2D eigenvalue weighted by Gasteiger charge is 2.42. The Morgan fingerprint density at radius 2 is 2.00 bits per heavy atom. The number of benzene rings is 1. The van der Waals surface area contributed by atoms with E-state index in [9.17, 15) is 0 Å². The van der Waals surface area contributed by atoms with E-state index in [0.717, 1.165) is 19.3 Å². The SMILES string of the molecule is N#CC1(CCOCc2ccccc2)CC1. The number of hydrogen-bond donors (Lipinski definition) is 0. The molecule has 0 bridgehead atoms. The van der Waals surface area contributed by atoms with Gasteiger partial charge in [-0.15, -0.1) is 0 Å². The first-order chi connectivity index (χ1) is 7.35. The lowest BCUT2D eigenvalue weighted by molar-refractivity contribution is 0.110. The van der Waals surface area contributed by atoms with Crippen molar-refractivity contribution >= 4 is 0 Å². The lowest BCUT2D eigenvalue weighted by atomic mass is 10.1. The molecule has 1 saturated carbocycles. The maximum absolute atomic E-state index is 8.87. The summed E-state index contributed by atoms with van der Waals surface area (Å²) in [6.45, 7) is 1.35. The summed E-state index contributed by atoms with van der Waals surface area (Å²) in [6, 6.07) is 12.5. The Hall–Kier alpha value is -1.33. The van der Waals surface area contributed by atoms with E-state index in [1.54, 1.807) is 0 Å². The molecule has 78 valence electrons. The van der Waals surface area contributed by atoms with E-state index in [1.165, 1.54) is 5.56 Å². The molecule has 2 nitrogen and oxygen atoms in total. The van der Waals surface area contributed by atoms with Crippen LogP contribution in [-0.4, -0.2) is 6.61 Å². The second-order valence-corrected chi connectivity index (χ2v) is 4.18. The fraction of sp³-hybridized carbons (Fsp3) is 0.462. The second kappa shape index (κ2) is 4.46. The Morgan fingerprint density at radius 1 is 1.27 bits per heavy atom. The third-order valence-corrected chi connectivity index (χ3v) is 2.93. The third-order valence-electron chi connectivity index (χ3n) is 2.93. The summed E-state index contributed by atoms with van der Waals surface area (Å²) in [6.07, 6.45) is 2.99. The van der Waals surface area contributed by atoms with E-state index in [1.807, 2.05) is 18.2 Å². The maximum Gasteiger partial charge on any atom is 0.0716 e. The van der Waals surface area contributed by atoms with Crippen molar-refractivity contribution in [1.82, 2.24) is 0 Å². The molecule has 2 heteroatoms. The van der Waals surface area contributed by atoms with Gasteiger partial charge in [0.05, 0.1) is 18.1 Å². The zero-order chi connectivity index (χ0) is 10.6. The molecular formula is C13H15NO. The van der Waals surface area contributed by atoms with Gasteiger partial charge in [0.1, 0.15) is 0 Å². The van der Waals surface area contributed by atoms with E-state index >= 15 is 0 Å². The summed E-state index contributed by atoms with van der Waals surface area (Å²) >= 11 is 0. The summed E-state index contributed by atoms with van der Waals surface area (Å²) < 4.78 is 5.55. The van der Waals surface area contributed by atoms with Gasteiger partial charge < -0.3 is 4.74 Å². The zero-order valence-corrected chi connectivity index (χ0v) is 8.78. The Balaban J connectivity index is 1.66. The van der Waals surface area contributed by atoms with Crippen LogP contribution < -0.4 is 0 Å². The van der Waals surface area contributed by atoms with Gasteiger partial charge in [0.2, 0.25) is 0 Å². The molecule has 0 aliphatic heterocycles. The molecule has 0 radical (unpaired) electrons. The normalized spacial score (nSPS) is 17.0. The Morgan fingerprint density at radius 3 is 2.60 bits per heavy atom. The molecule has 2 rings (SSSR count). The first-order valence-electron chi connectivity index (χ1n) is 5.38. The fourth-order valence-corrected chi connectivity index (χ4v) is 1.60. The van der Waals surface area contributed by atoms with Crippen LogP contribution in [0.3, 0.4) is 0 Å². The van der Waals surface area contributed by atoms with Crippen molar-refractivity contribution in [3.8, 4) is 6.07 Å². The van der Waals surface area contributed by atoms with Gasteiger partial charge in [-0.25, -0.2) is 0 Å². The summed E-state index contributed by atoms with van der Waals surface area (Å²) in [7, 11) is 0. The largest absolute Gasteiger partial charge is 0.377 e. The molecule has 15 heavy (non-hydrogen) atoms. The highest BCUT2D eigenvalue weighted by Crippen LogP contribution is 2.47. The van der Waals surface area contributed by atoms with Crippen LogP contribution in [0.2, 0.25) is 0 Å². The van der Waals surface area contributed by atoms with Crippen molar-refractivity contribution < 1.29 is 4.74 Å². The van der Waals surface area contributed by atoms with Crippen LogP contribution in [0, 0.1) is 16.7 Å². The van der Waals surface area contributed by atoms with Gasteiger partial charge in [-0.3, -0.25) is 0 Å². The van der Waals surface area contributed by atoms with Gasteiger partial charge in [0.15, 0.2) is 0 Å². The van der Waals surface area contributed by atoms with Gasteiger partial charge in [-0.1, -0.05) is 30.3 Å². The van der Waals surface area contributed by atoms with Crippen LogP contribution >= 0.6 is 0 Å². The fourth-order valence-electron chi connectivity index (χ4n) is 1.60. The predicted octanol–water partition coefficient (Wildman–Crippen LogP) is 2.90. The molecule has 1 fully saturated rings. The predicted molar refractivity (Wildman–Crippen MR) is 58.0 cm³/mol. The van der Waals surface area contributed by atoms with Crippen molar-refractivity contribution in [2.75, 3.05) is 6.61 Å². The van der Waals surface area contributed by atoms with Gasteiger partial charge in [-0.05, 0) is 24.8 Å². The van der Waals surface area contributed by atoms with Crippen LogP contribution in [-0.2, 0) is 11.3 Å². The average molecular weight is 201 g/mol. The Bertz CT molecular complexity index is 349. The summed E-state index contributed by atoms with van der Waals surface area (Å²) in [5, 5.41) is 8.87. The molecule has 1 aliphatic carbocycles. The van der Waals surface area contributed by atoms with Crippen molar-refractivity contribution in [3.63, 3.8) is 0 Å². The van der Waals surface area contributed by atoms with Crippen LogP contribution in [0.25, 0.3) is 0 Å². The quantitative estimate of drug-likeness (QED) is 0.686. The lowest BCUT2D eigenvalue weighted by Gasteiger charge is -2.06. The Labute approximate surface area is 90.5 Å². The molecule has 0 spiro atoms. The first kappa shape index (κ1) is 10.2. The van der Waals surface area contributed by atoms with Gasteiger partial charge in [0, 0.05) is 6.61 Å². The van der Waals surface area contributed by atoms with Crippen molar-refractivity contribution in [1.29, 1.82) is 5.26 Å². The molecule has 0 atom stereocenters. The Kier molecular flexibility index (Phi) is 3.03. The van der Waals surface area contributed by atoms with E-state index in [0.29, 0.717) is 13.2 Å². The lowest BCUT2D eigenvalue weighted by Crippen LogP contribution is -2.03. The van der Waals surface area contributed by atoms with Crippen molar-refractivity contribution in [2.24, 2.45) is 5.41 Å². The van der Waals surface area contributed by atoms with Gasteiger partial charge in [0.25, 0.3) is 0 Å². The summed E-state index contributed by atoms with van der Waals surface area (Å²) in [5.41, 5.74) is 1.16. The monoisotopic (exact) mass is 201 g/mol. The molecular weight excluding hydrogens is 186 g/mol. The van der Waals surface area contributed by atoms with E-state index < -0.39 is 0 Å². The molecule has 0 unspecified atom stereocenters. The number of nitrogens with zero attached hydrogens (tertiary/aromatic N) is 1. The third kappa shape index (κ3) is 2.81. The second-order valence-electron chi connectivity index (χ2n) is 4.18. The molecule has 1 aliphatic rings. The first-order valence-corrected chi connectivity index (χ1v) is 5.38. The highest BCUT2D eigenvalue weighted by molar-refractivity contribution is 5.13. The minimum absolute atomic E-state index is 0.0311. The highest BCUT2D eigenvalue weighted by atomic mass is 16.5. The van der Waals surface area contributed by atoms with Crippen molar-refractivity contribution in [3.05, 3.63) is 35.9 Å². The molecule has 0 amide bonds. The average Bonchev–Trinajstić information content (AvgIpc) is 3.07. The maximum atomic E-state index is 8.87. The smallest absolute Gasteiger partial charge is 0.0716 e. The molecule has 1 aromatic carbocycles. The molecule has 0 saturated heterocycles. The van der Waals surface area contributed by atoms with Gasteiger partial charge in [-0.2, -0.15) is 5.26 Å². The number of ether oxygens (including phenoxy) is 1. The topological polar surface area (TPSA) is 33.0 Å². The molecule has 0 aromatic heterocycles. The van der Waals surface area contributed by atoms with E-state index in [-0.39, 0.29) is 5.41 Å². The molecule has 0 heterocycles. The summed E-state index contributed by atoms with van der Waals surface area (Å²) in [5.74, 6) is 0.